The summed E-state index contributed by atoms with van der Waals surface area (Å²) >= 11 is 1.48. The number of rotatable bonds is 5. The fourth-order valence-corrected chi connectivity index (χ4v) is 2.95. The smallest absolute Gasteiger partial charge is 0.309 e. The van der Waals surface area contributed by atoms with Crippen molar-refractivity contribution in [3.05, 3.63) is 11.1 Å². The molecule has 0 spiro atoms. The van der Waals surface area contributed by atoms with E-state index >= 15 is 0 Å². The molecule has 2 N–H and O–H groups in total. The number of piperidine rings is 1. The molecule has 1 aromatic heterocycles. The highest BCUT2D eigenvalue weighted by Crippen LogP contribution is 2.19. The van der Waals surface area contributed by atoms with Gasteiger partial charge in [0.15, 0.2) is 5.13 Å². The van der Waals surface area contributed by atoms with Crippen LogP contribution in [-0.2, 0) is 11.2 Å². The second-order valence-electron chi connectivity index (χ2n) is 4.73. The summed E-state index contributed by atoms with van der Waals surface area (Å²) < 4.78 is 0. The molecule has 1 atom stereocenters. The number of nitrogens with one attached hydrogen (secondary N) is 1. The van der Waals surface area contributed by atoms with Crippen molar-refractivity contribution in [3.63, 3.8) is 0 Å². The largest absolute Gasteiger partial charge is 0.481 e. The lowest BCUT2D eigenvalue weighted by Gasteiger charge is -2.32. The average molecular weight is 269 g/mol. The molecule has 0 aromatic carbocycles. The van der Waals surface area contributed by atoms with Crippen LogP contribution in [0.1, 0.15) is 25.0 Å². The molecule has 0 amide bonds. The molecule has 1 fully saturated rings. The van der Waals surface area contributed by atoms with Crippen LogP contribution in [-0.4, -0.2) is 47.1 Å². The SMILES string of the molecule is CN1CCCCC1CNc1nc(CC(=O)O)cs1. The van der Waals surface area contributed by atoms with E-state index < -0.39 is 5.97 Å². The van der Waals surface area contributed by atoms with Crippen LogP contribution in [0.25, 0.3) is 0 Å². The van der Waals surface area contributed by atoms with E-state index in [2.05, 4.69) is 22.2 Å². The number of likely N-dealkylation sites (N-methyl/N-ethyl adjacent to an activating group) is 1. The zero-order valence-corrected chi connectivity index (χ0v) is 11.4. The second-order valence-corrected chi connectivity index (χ2v) is 5.58. The van der Waals surface area contributed by atoms with E-state index in [-0.39, 0.29) is 6.42 Å². The molecule has 1 saturated heterocycles. The minimum atomic E-state index is -0.834. The molecule has 2 rings (SSSR count). The third-order valence-corrected chi connectivity index (χ3v) is 4.14. The maximum atomic E-state index is 10.6. The number of thiazole rings is 1. The van der Waals surface area contributed by atoms with Gasteiger partial charge in [-0.3, -0.25) is 4.79 Å². The van der Waals surface area contributed by atoms with Gasteiger partial charge in [-0.05, 0) is 26.4 Å². The summed E-state index contributed by atoms with van der Waals surface area (Å²) in [6.45, 7) is 2.05. The number of anilines is 1. The van der Waals surface area contributed by atoms with Gasteiger partial charge in [0, 0.05) is 18.0 Å². The van der Waals surface area contributed by atoms with Crippen molar-refractivity contribution in [2.45, 2.75) is 31.7 Å². The molecule has 0 saturated carbocycles. The first-order valence-corrected chi connectivity index (χ1v) is 7.13. The maximum absolute atomic E-state index is 10.6. The third-order valence-electron chi connectivity index (χ3n) is 3.29. The molecule has 1 aliphatic rings. The van der Waals surface area contributed by atoms with Gasteiger partial charge in [0.1, 0.15) is 0 Å². The lowest BCUT2D eigenvalue weighted by atomic mass is 10.0. The van der Waals surface area contributed by atoms with E-state index in [1.807, 2.05) is 0 Å². The van der Waals surface area contributed by atoms with E-state index in [0.29, 0.717) is 11.7 Å². The Morgan fingerprint density at radius 1 is 1.67 bits per heavy atom. The molecular formula is C12H19N3O2S. The first-order valence-electron chi connectivity index (χ1n) is 6.25. The molecule has 0 radical (unpaired) electrons. The Hall–Kier alpha value is -1.14. The number of nitrogens with zero attached hydrogens (tertiary/aromatic N) is 2. The Morgan fingerprint density at radius 3 is 3.22 bits per heavy atom. The van der Waals surface area contributed by atoms with E-state index in [0.717, 1.165) is 18.2 Å². The van der Waals surface area contributed by atoms with Crippen molar-refractivity contribution in [1.82, 2.24) is 9.88 Å². The van der Waals surface area contributed by atoms with Crippen molar-refractivity contribution in [2.24, 2.45) is 0 Å². The van der Waals surface area contributed by atoms with E-state index in [4.69, 9.17) is 5.11 Å². The molecule has 18 heavy (non-hydrogen) atoms. The minimum absolute atomic E-state index is 0.00150. The summed E-state index contributed by atoms with van der Waals surface area (Å²) in [6.07, 6.45) is 3.80. The van der Waals surface area contributed by atoms with E-state index in [1.165, 1.54) is 30.6 Å². The number of aliphatic carboxylic acids is 1. The average Bonchev–Trinajstić information content (AvgIpc) is 2.75. The van der Waals surface area contributed by atoms with Crippen LogP contribution in [0.3, 0.4) is 0 Å². The van der Waals surface area contributed by atoms with Gasteiger partial charge >= 0.3 is 5.97 Å². The number of hydrogen-bond acceptors (Lipinski definition) is 5. The molecule has 6 heteroatoms. The summed E-state index contributed by atoms with van der Waals surface area (Å²) in [4.78, 5) is 17.2. The molecule has 0 bridgehead atoms. The van der Waals surface area contributed by atoms with Crippen LogP contribution in [0.5, 0.6) is 0 Å². The molecular weight excluding hydrogens is 250 g/mol. The van der Waals surface area contributed by atoms with Gasteiger partial charge in [-0.2, -0.15) is 0 Å². The highest BCUT2D eigenvalue weighted by atomic mass is 32.1. The van der Waals surface area contributed by atoms with Gasteiger partial charge in [0.2, 0.25) is 0 Å². The fraction of sp³-hybridized carbons (Fsp3) is 0.667. The standard InChI is InChI=1S/C12H19N3O2S/c1-15-5-3-2-4-10(15)7-13-12-14-9(8-18-12)6-11(16)17/h8,10H,2-7H2,1H3,(H,13,14)(H,16,17). The number of carboxylic acid groups (broad SMARTS) is 1. The Labute approximate surface area is 111 Å². The van der Waals surface area contributed by atoms with Gasteiger partial charge in [0.25, 0.3) is 0 Å². The monoisotopic (exact) mass is 269 g/mol. The minimum Gasteiger partial charge on any atom is -0.481 e. The number of hydrogen-bond donors (Lipinski definition) is 2. The highest BCUT2D eigenvalue weighted by molar-refractivity contribution is 7.13. The molecule has 5 nitrogen and oxygen atoms in total. The van der Waals surface area contributed by atoms with Crippen LogP contribution in [0.2, 0.25) is 0 Å². The van der Waals surface area contributed by atoms with Crippen LogP contribution < -0.4 is 5.32 Å². The summed E-state index contributed by atoms with van der Waals surface area (Å²) in [7, 11) is 2.16. The molecule has 100 valence electrons. The van der Waals surface area contributed by atoms with Gasteiger partial charge in [-0.25, -0.2) is 4.98 Å². The second kappa shape index (κ2) is 6.15. The van der Waals surface area contributed by atoms with Crippen LogP contribution >= 0.6 is 11.3 Å². The van der Waals surface area contributed by atoms with Crippen molar-refractivity contribution < 1.29 is 9.90 Å². The predicted molar refractivity (Wildman–Crippen MR) is 72.2 cm³/mol. The highest BCUT2D eigenvalue weighted by Gasteiger charge is 2.18. The van der Waals surface area contributed by atoms with Crippen molar-refractivity contribution in [2.75, 3.05) is 25.5 Å². The topological polar surface area (TPSA) is 65.5 Å². The van der Waals surface area contributed by atoms with Gasteiger partial charge in [0.05, 0.1) is 12.1 Å². The van der Waals surface area contributed by atoms with Gasteiger partial charge < -0.3 is 15.3 Å². The summed E-state index contributed by atoms with van der Waals surface area (Å²) in [5.41, 5.74) is 0.631. The van der Waals surface area contributed by atoms with Crippen molar-refractivity contribution >= 4 is 22.4 Å². The molecule has 2 heterocycles. The van der Waals surface area contributed by atoms with Crippen molar-refractivity contribution in [1.29, 1.82) is 0 Å². The molecule has 0 aliphatic carbocycles. The van der Waals surface area contributed by atoms with E-state index in [1.54, 1.807) is 5.38 Å². The normalized spacial score (nSPS) is 20.8. The fourth-order valence-electron chi connectivity index (χ4n) is 2.23. The van der Waals surface area contributed by atoms with E-state index in [9.17, 15) is 4.79 Å². The third kappa shape index (κ3) is 3.68. The lowest BCUT2D eigenvalue weighted by Crippen LogP contribution is -2.40. The molecule has 1 aliphatic heterocycles. The first kappa shape index (κ1) is 13.3. The van der Waals surface area contributed by atoms with Gasteiger partial charge in [-0.1, -0.05) is 6.42 Å². The molecule has 1 aromatic rings. The molecule has 1 unspecified atom stereocenters. The summed E-state index contributed by atoms with van der Waals surface area (Å²) in [5.74, 6) is -0.834. The zero-order valence-electron chi connectivity index (χ0n) is 10.6. The predicted octanol–water partition coefficient (Wildman–Crippen LogP) is 1.67. The van der Waals surface area contributed by atoms with Crippen LogP contribution in [0, 0.1) is 0 Å². The van der Waals surface area contributed by atoms with Gasteiger partial charge in [-0.15, -0.1) is 11.3 Å². The summed E-state index contributed by atoms with van der Waals surface area (Å²) in [5, 5.41) is 14.6. The Morgan fingerprint density at radius 2 is 2.50 bits per heavy atom. The summed E-state index contributed by atoms with van der Waals surface area (Å²) in [6, 6.07) is 0.561. The maximum Gasteiger partial charge on any atom is 0.309 e. The van der Waals surface area contributed by atoms with Crippen molar-refractivity contribution in [3.8, 4) is 0 Å². The number of likely N-dealkylation sites (tertiary alicyclic amines) is 1. The quantitative estimate of drug-likeness (QED) is 0.851. The number of aromatic nitrogens is 1. The number of carboxylic acids is 1. The first-order chi connectivity index (χ1) is 8.65. The number of carbonyl (C=O) groups is 1. The lowest BCUT2D eigenvalue weighted by molar-refractivity contribution is -0.136. The Kier molecular flexibility index (Phi) is 4.54. The van der Waals surface area contributed by atoms with Crippen LogP contribution in [0.15, 0.2) is 5.38 Å². The van der Waals surface area contributed by atoms with Crippen LogP contribution in [0.4, 0.5) is 5.13 Å². The zero-order chi connectivity index (χ0) is 13.0. The Balaban J connectivity index is 1.82. The Bertz CT molecular complexity index is 408.